The third-order valence-corrected chi connectivity index (χ3v) is 3.40. The molecule has 1 aliphatic rings. The van der Waals surface area contributed by atoms with Crippen LogP contribution in [0, 0.1) is 0 Å². The Balaban J connectivity index is 1.88. The van der Waals surface area contributed by atoms with Gasteiger partial charge in [0.2, 0.25) is 0 Å². The molecule has 2 unspecified atom stereocenters. The summed E-state index contributed by atoms with van der Waals surface area (Å²) in [5, 5.41) is 0.971. The van der Waals surface area contributed by atoms with Gasteiger partial charge in [0.05, 0.1) is 12.2 Å². The smallest absolute Gasteiger partial charge is 0.0676 e. The van der Waals surface area contributed by atoms with Gasteiger partial charge in [0, 0.05) is 5.33 Å². The molecular weight excluding hydrogens is 240 g/mol. The van der Waals surface area contributed by atoms with E-state index >= 15 is 0 Å². The molecule has 2 rings (SSSR count). The Morgan fingerprint density at radius 2 is 1.86 bits per heavy atom. The number of ether oxygens (including phenoxy) is 1. The summed E-state index contributed by atoms with van der Waals surface area (Å²) in [4.78, 5) is 0. The van der Waals surface area contributed by atoms with Gasteiger partial charge in [-0.1, -0.05) is 46.3 Å². The van der Waals surface area contributed by atoms with Crippen molar-refractivity contribution < 1.29 is 4.74 Å². The first-order valence-corrected chi connectivity index (χ1v) is 6.26. The van der Waals surface area contributed by atoms with E-state index in [-0.39, 0.29) is 0 Å². The van der Waals surface area contributed by atoms with Gasteiger partial charge in [0.1, 0.15) is 0 Å². The Labute approximate surface area is 93.6 Å². The highest BCUT2D eigenvalue weighted by molar-refractivity contribution is 9.09. The summed E-state index contributed by atoms with van der Waals surface area (Å²) in [6.45, 7) is 0. The molecule has 2 heteroatoms. The van der Waals surface area contributed by atoms with Crippen LogP contribution in [0.2, 0.25) is 0 Å². The summed E-state index contributed by atoms with van der Waals surface area (Å²) in [6.07, 6.45) is 4.32. The van der Waals surface area contributed by atoms with Gasteiger partial charge in [-0.25, -0.2) is 0 Å². The van der Waals surface area contributed by atoms with E-state index in [1.165, 1.54) is 18.4 Å². The SMILES string of the molecule is BrCC1CCC(Cc2ccccc2)O1. The van der Waals surface area contributed by atoms with Crippen LogP contribution in [0.3, 0.4) is 0 Å². The van der Waals surface area contributed by atoms with Gasteiger partial charge < -0.3 is 4.74 Å². The molecule has 0 aliphatic carbocycles. The average molecular weight is 255 g/mol. The zero-order chi connectivity index (χ0) is 9.80. The maximum absolute atomic E-state index is 5.87. The van der Waals surface area contributed by atoms with E-state index < -0.39 is 0 Å². The van der Waals surface area contributed by atoms with Crippen LogP contribution in [0.15, 0.2) is 30.3 Å². The van der Waals surface area contributed by atoms with Crippen LogP contribution in [0.4, 0.5) is 0 Å². The van der Waals surface area contributed by atoms with Gasteiger partial charge in [-0.3, -0.25) is 0 Å². The minimum absolute atomic E-state index is 0.431. The predicted molar refractivity (Wildman–Crippen MR) is 61.8 cm³/mol. The Morgan fingerprint density at radius 3 is 2.50 bits per heavy atom. The van der Waals surface area contributed by atoms with Crippen LogP contribution in [0.1, 0.15) is 18.4 Å². The van der Waals surface area contributed by atoms with E-state index in [0.717, 1.165) is 11.8 Å². The number of halogens is 1. The van der Waals surface area contributed by atoms with Crippen LogP contribution in [-0.4, -0.2) is 17.5 Å². The first-order chi connectivity index (χ1) is 6.88. The Kier molecular flexibility index (Phi) is 3.60. The van der Waals surface area contributed by atoms with Crippen molar-refractivity contribution in [2.24, 2.45) is 0 Å². The molecule has 1 fully saturated rings. The van der Waals surface area contributed by atoms with Crippen molar-refractivity contribution in [2.75, 3.05) is 5.33 Å². The van der Waals surface area contributed by atoms with Crippen molar-refractivity contribution in [3.05, 3.63) is 35.9 Å². The van der Waals surface area contributed by atoms with Gasteiger partial charge in [0.15, 0.2) is 0 Å². The number of alkyl halides is 1. The summed E-state index contributed by atoms with van der Waals surface area (Å²) in [5.41, 5.74) is 1.38. The van der Waals surface area contributed by atoms with Gasteiger partial charge in [0.25, 0.3) is 0 Å². The maximum Gasteiger partial charge on any atom is 0.0676 e. The molecule has 0 bridgehead atoms. The lowest BCUT2D eigenvalue weighted by molar-refractivity contribution is 0.0596. The molecule has 1 saturated heterocycles. The zero-order valence-corrected chi connectivity index (χ0v) is 9.74. The highest BCUT2D eigenvalue weighted by Crippen LogP contribution is 2.23. The predicted octanol–water partition coefficient (Wildman–Crippen LogP) is 3.17. The maximum atomic E-state index is 5.87. The lowest BCUT2D eigenvalue weighted by atomic mass is 10.1. The fourth-order valence-corrected chi connectivity index (χ4v) is 2.40. The summed E-state index contributed by atoms with van der Waals surface area (Å²) >= 11 is 3.46. The Bertz CT molecular complexity index is 273. The van der Waals surface area contributed by atoms with Gasteiger partial charge in [-0.05, 0) is 24.8 Å². The minimum Gasteiger partial charge on any atom is -0.374 e. The molecule has 0 radical (unpaired) electrons. The van der Waals surface area contributed by atoms with Crippen LogP contribution in [0.5, 0.6) is 0 Å². The van der Waals surface area contributed by atoms with Crippen molar-refractivity contribution >= 4 is 15.9 Å². The van der Waals surface area contributed by atoms with Crippen LogP contribution in [0.25, 0.3) is 0 Å². The van der Waals surface area contributed by atoms with Crippen molar-refractivity contribution in [1.29, 1.82) is 0 Å². The summed E-state index contributed by atoms with van der Waals surface area (Å²) in [6, 6.07) is 10.6. The van der Waals surface area contributed by atoms with Crippen LogP contribution < -0.4 is 0 Å². The quantitative estimate of drug-likeness (QED) is 0.754. The number of rotatable bonds is 3. The monoisotopic (exact) mass is 254 g/mol. The van der Waals surface area contributed by atoms with Crippen molar-refractivity contribution in [3.63, 3.8) is 0 Å². The molecular formula is C12H15BrO. The van der Waals surface area contributed by atoms with Crippen molar-refractivity contribution in [2.45, 2.75) is 31.5 Å². The molecule has 1 aliphatic heterocycles. The highest BCUT2D eigenvalue weighted by Gasteiger charge is 2.24. The first kappa shape index (κ1) is 10.2. The summed E-state index contributed by atoms with van der Waals surface area (Å²) < 4.78 is 5.87. The second-order valence-electron chi connectivity index (χ2n) is 3.80. The average Bonchev–Trinajstić information content (AvgIpc) is 2.67. The molecule has 0 aromatic heterocycles. The van der Waals surface area contributed by atoms with E-state index in [0.29, 0.717) is 12.2 Å². The van der Waals surface area contributed by atoms with Gasteiger partial charge >= 0.3 is 0 Å². The van der Waals surface area contributed by atoms with Crippen molar-refractivity contribution in [1.82, 2.24) is 0 Å². The van der Waals surface area contributed by atoms with E-state index in [9.17, 15) is 0 Å². The topological polar surface area (TPSA) is 9.23 Å². The number of benzene rings is 1. The Morgan fingerprint density at radius 1 is 1.14 bits per heavy atom. The Hall–Kier alpha value is -0.340. The lowest BCUT2D eigenvalue weighted by Crippen LogP contribution is -2.14. The summed E-state index contributed by atoms with van der Waals surface area (Å²) in [7, 11) is 0. The molecule has 0 saturated carbocycles. The molecule has 0 N–H and O–H groups in total. The zero-order valence-electron chi connectivity index (χ0n) is 8.16. The number of hydrogen-bond acceptors (Lipinski definition) is 1. The molecule has 1 heterocycles. The molecule has 0 amide bonds. The van der Waals surface area contributed by atoms with Gasteiger partial charge in [-0.2, -0.15) is 0 Å². The molecule has 1 nitrogen and oxygen atoms in total. The normalized spacial score (nSPS) is 26.6. The third kappa shape index (κ3) is 2.58. The van der Waals surface area contributed by atoms with E-state index in [2.05, 4.69) is 46.3 Å². The second kappa shape index (κ2) is 4.94. The molecule has 14 heavy (non-hydrogen) atoms. The largest absolute Gasteiger partial charge is 0.374 e. The fourth-order valence-electron chi connectivity index (χ4n) is 1.92. The van der Waals surface area contributed by atoms with E-state index in [4.69, 9.17) is 4.74 Å². The van der Waals surface area contributed by atoms with E-state index in [1.807, 2.05) is 0 Å². The minimum atomic E-state index is 0.431. The highest BCUT2D eigenvalue weighted by atomic mass is 79.9. The van der Waals surface area contributed by atoms with Crippen LogP contribution in [-0.2, 0) is 11.2 Å². The molecule has 76 valence electrons. The van der Waals surface area contributed by atoms with Gasteiger partial charge in [-0.15, -0.1) is 0 Å². The molecule has 0 spiro atoms. The third-order valence-electron chi connectivity index (χ3n) is 2.67. The summed E-state index contributed by atoms with van der Waals surface area (Å²) in [5.74, 6) is 0. The molecule has 1 aromatic carbocycles. The fraction of sp³-hybridized carbons (Fsp3) is 0.500. The van der Waals surface area contributed by atoms with Crippen molar-refractivity contribution in [3.8, 4) is 0 Å². The lowest BCUT2D eigenvalue weighted by Gasteiger charge is -2.11. The second-order valence-corrected chi connectivity index (χ2v) is 4.45. The van der Waals surface area contributed by atoms with Crippen LogP contribution >= 0.6 is 15.9 Å². The number of hydrogen-bond donors (Lipinski definition) is 0. The molecule has 1 aromatic rings. The first-order valence-electron chi connectivity index (χ1n) is 5.14. The van der Waals surface area contributed by atoms with E-state index in [1.54, 1.807) is 0 Å². The standard InChI is InChI=1S/C12H15BrO/c13-9-12-7-6-11(14-12)8-10-4-2-1-3-5-10/h1-5,11-12H,6-9H2. The molecule has 2 atom stereocenters.